The summed E-state index contributed by atoms with van der Waals surface area (Å²) in [5, 5.41) is 0. The molecule has 0 aliphatic rings. The fraction of sp³-hybridized carbons (Fsp3) is 1.00. The van der Waals surface area contributed by atoms with Crippen LogP contribution in [0.5, 0.6) is 0 Å². The van der Waals surface area contributed by atoms with Crippen LogP contribution < -0.4 is 0 Å². The molecule has 0 aliphatic heterocycles. The molecule has 0 saturated heterocycles. The van der Waals surface area contributed by atoms with Gasteiger partial charge in [0.05, 0.1) is 0 Å². The zero-order valence-corrected chi connectivity index (χ0v) is 8.44. The second-order valence-electron chi connectivity index (χ2n) is 0.204. The predicted molar refractivity (Wildman–Crippen MR) is 34.5 cm³/mol. The van der Waals surface area contributed by atoms with Crippen LogP contribution in [-0.2, 0) is 3.07 Å². The van der Waals surface area contributed by atoms with E-state index in [9.17, 15) is 0 Å². The van der Waals surface area contributed by atoms with Gasteiger partial charge >= 0.3 is 33.1 Å². The third-order valence-electron chi connectivity index (χ3n) is 0. The second-order valence-corrected chi connectivity index (χ2v) is 1.37. The van der Waals surface area contributed by atoms with Gasteiger partial charge < -0.3 is 0 Å². The van der Waals surface area contributed by atoms with Crippen LogP contribution in [-0.4, -0.2) is 30.0 Å². The molecule has 1 nitrogen and oxygen atoms in total. The summed E-state index contributed by atoms with van der Waals surface area (Å²) in [5.41, 5.74) is 0. The number of hydrogen-bond acceptors (Lipinski definition) is 1. The van der Waals surface area contributed by atoms with E-state index in [2.05, 4.69) is 3.07 Å². The average Bonchev–Trinajstić information content (AvgIpc) is 0.918. The third-order valence-corrected chi connectivity index (χ3v) is 0. The Morgan fingerprint density at radius 2 is 1.17 bits per heavy atom. The summed E-state index contributed by atoms with van der Waals surface area (Å²) in [6.45, 7) is 0. The van der Waals surface area contributed by atoms with Crippen molar-refractivity contribution in [2.24, 2.45) is 0 Å². The predicted octanol–water partition coefficient (Wildman–Crippen LogP) is 0.982. The molecule has 0 amide bonds. The Bertz CT molecular complexity index is 10.8. The first kappa shape index (κ1) is 25.5. The van der Waals surface area contributed by atoms with Gasteiger partial charge in [-0.2, -0.15) is 0 Å². The van der Waals surface area contributed by atoms with Crippen LogP contribution in [0.15, 0.2) is 0 Å². The Kier molecular flexibility index (Phi) is 129. The summed E-state index contributed by atoms with van der Waals surface area (Å²) in [6.07, 6.45) is 0. The maximum absolute atomic E-state index is 4.34. The first-order chi connectivity index (χ1) is 1.41. The first-order valence-corrected chi connectivity index (χ1v) is 1.78. The monoisotopic (exact) mass is 259 g/mol. The maximum atomic E-state index is 4.34. The molecule has 0 bridgehead atoms. The van der Waals surface area contributed by atoms with Crippen molar-refractivity contribution >= 4 is 60.2 Å². The van der Waals surface area contributed by atoms with Crippen molar-refractivity contribution in [3.8, 4) is 0 Å². The largest absolute Gasteiger partial charge is 0.147 e. The van der Waals surface area contributed by atoms with Gasteiger partial charge in [-0.15, -0.1) is 37.2 Å². The Labute approximate surface area is 70.1 Å². The smallest absolute Gasteiger partial charge is 0.147 e. The zero-order valence-electron chi connectivity index (χ0n) is 3.13. The van der Waals surface area contributed by atoms with Crippen LogP contribution in [0.2, 0.25) is 0 Å². The van der Waals surface area contributed by atoms with E-state index in [1.54, 1.807) is 7.11 Å². The van der Waals surface area contributed by atoms with Crippen molar-refractivity contribution in [1.82, 2.24) is 0 Å². The van der Waals surface area contributed by atoms with E-state index in [4.69, 9.17) is 0 Å². The van der Waals surface area contributed by atoms with Crippen molar-refractivity contribution < 1.29 is 3.07 Å². The third kappa shape index (κ3) is 45.5. The standard InChI is InChI=1S/CH3O.3ClH.Sn/c1-2;;;;/h1H3;3*1H;/q-1;;;;+1. The van der Waals surface area contributed by atoms with Crippen molar-refractivity contribution in [3.05, 3.63) is 0 Å². The molecule has 0 rings (SSSR count). The van der Waals surface area contributed by atoms with E-state index in [0.717, 1.165) is 22.9 Å². The van der Waals surface area contributed by atoms with Crippen molar-refractivity contribution in [1.29, 1.82) is 0 Å². The molecule has 41 valence electrons. The summed E-state index contributed by atoms with van der Waals surface area (Å²) < 4.78 is 4.34. The summed E-state index contributed by atoms with van der Waals surface area (Å²) in [7, 11) is 1.66. The second kappa shape index (κ2) is 30.4. The van der Waals surface area contributed by atoms with Gasteiger partial charge in [-0.25, -0.2) is 0 Å². The Hall–Kier alpha value is 1.63. The molecule has 0 spiro atoms. The van der Waals surface area contributed by atoms with Gasteiger partial charge in [0.25, 0.3) is 0 Å². The molecular formula is CH6Cl3OSn. The Morgan fingerprint density at radius 1 is 1.17 bits per heavy atom. The van der Waals surface area contributed by atoms with Gasteiger partial charge in [-0.3, -0.25) is 0 Å². The van der Waals surface area contributed by atoms with Crippen LogP contribution >= 0.6 is 37.2 Å². The fourth-order valence-corrected chi connectivity index (χ4v) is 0. The zero-order chi connectivity index (χ0) is 2.71. The molecule has 3 radical (unpaired) electrons. The summed E-state index contributed by atoms with van der Waals surface area (Å²) in [6, 6.07) is 0. The van der Waals surface area contributed by atoms with Gasteiger partial charge in [-0.1, -0.05) is 0 Å². The number of halogens is 3. The number of hydrogen-bond donors (Lipinski definition) is 0. The molecular weight excluding hydrogens is 253 g/mol. The molecule has 0 heterocycles. The molecule has 0 N–H and O–H groups in total. The van der Waals surface area contributed by atoms with Crippen LogP contribution in [0.3, 0.4) is 0 Å². The Morgan fingerprint density at radius 3 is 1.17 bits per heavy atom. The molecule has 0 atom stereocenters. The molecule has 6 heavy (non-hydrogen) atoms. The molecule has 0 aromatic heterocycles. The minimum atomic E-state index is 0. The van der Waals surface area contributed by atoms with E-state index in [1.807, 2.05) is 0 Å². The normalized spacial score (nSPS) is 3.00. The minimum Gasteiger partial charge on any atom is -0.147 e. The van der Waals surface area contributed by atoms with E-state index in [-0.39, 0.29) is 37.2 Å². The molecule has 0 unspecified atom stereocenters. The fourth-order valence-electron chi connectivity index (χ4n) is 0. The van der Waals surface area contributed by atoms with Gasteiger partial charge in [0, 0.05) is 0 Å². The summed E-state index contributed by atoms with van der Waals surface area (Å²) in [4.78, 5) is 0. The van der Waals surface area contributed by atoms with Crippen LogP contribution in [0.1, 0.15) is 0 Å². The first-order valence-electron chi connectivity index (χ1n) is 0.612. The van der Waals surface area contributed by atoms with Crippen LogP contribution in [0.4, 0.5) is 0 Å². The van der Waals surface area contributed by atoms with Crippen molar-refractivity contribution in [2.45, 2.75) is 0 Å². The van der Waals surface area contributed by atoms with E-state index in [1.165, 1.54) is 0 Å². The van der Waals surface area contributed by atoms with Crippen molar-refractivity contribution in [3.63, 3.8) is 0 Å². The minimum absolute atomic E-state index is 0. The van der Waals surface area contributed by atoms with E-state index in [0.29, 0.717) is 0 Å². The number of rotatable bonds is 0. The van der Waals surface area contributed by atoms with Gasteiger partial charge in [0.1, 0.15) is 0 Å². The molecule has 0 fully saturated rings. The molecule has 0 saturated carbocycles. The van der Waals surface area contributed by atoms with Gasteiger partial charge in [-0.05, 0) is 0 Å². The Balaban J connectivity index is -0.00000000667. The van der Waals surface area contributed by atoms with E-state index < -0.39 is 0 Å². The van der Waals surface area contributed by atoms with Crippen LogP contribution in [0.25, 0.3) is 0 Å². The van der Waals surface area contributed by atoms with E-state index >= 15 is 0 Å². The average molecular weight is 259 g/mol. The maximum Gasteiger partial charge on any atom is -0.147 e. The quantitative estimate of drug-likeness (QED) is 0.589. The summed E-state index contributed by atoms with van der Waals surface area (Å²) >= 11 is 1.14. The molecule has 5 heteroatoms. The topological polar surface area (TPSA) is 9.23 Å². The molecule has 0 aliphatic carbocycles. The van der Waals surface area contributed by atoms with Gasteiger partial charge in [0.15, 0.2) is 0 Å². The van der Waals surface area contributed by atoms with Gasteiger partial charge in [0.2, 0.25) is 0 Å². The molecule has 0 aromatic rings. The summed E-state index contributed by atoms with van der Waals surface area (Å²) in [5.74, 6) is 0. The molecule has 0 aromatic carbocycles. The van der Waals surface area contributed by atoms with Crippen molar-refractivity contribution in [2.75, 3.05) is 7.11 Å². The van der Waals surface area contributed by atoms with Crippen LogP contribution in [0, 0.1) is 0 Å². The SMILES string of the molecule is C[O][Sn].Cl.Cl.Cl.